The molecular formula is C13H15N3O2. The smallest absolute Gasteiger partial charge is 0.335 e. The normalized spacial score (nSPS) is 10.6. The highest BCUT2D eigenvalue weighted by molar-refractivity contribution is 5.89. The maximum absolute atomic E-state index is 11.1. The van der Waals surface area contributed by atoms with E-state index < -0.39 is 5.97 Å². The van der Waals surface area contributed by atoms with E-state index in [4.69, 9.17) is 10.8 Å². The summed E-state index contributed by atoms with van der Waals surface area (Å²) in [6.45, 7) is 1.87. The van der Waals surface area contributed by atoms with E-state index in [-0.39, 0.29) is 0 Å². The minimum absolute atomic E-state index is 0.306. The van der Waals surface area contributed by atoms with Gasteiger partial charge in [-0.25, -0.2) is 4.79 Å². The molecule has 0 aliphatic rings. The Kier molecular flexibility index (Phi) is 3.06. The fourth-order valence-electron chi connectivity index (χ4n) is 2.01. The van der Waals surface area contributed by atoms with Crippen molar-refractivity contribution in [3.63, 3.8) is 0 Å². The van der Waals surface area contributed by atoms with Crippen LogP contribution in [0.1, 0.15) is 27.2 Å². The highest BCUT2D eigenvalue weighted by Gasteiger charge is 2.15. The zero-order chi connectivity index (χ0) is 13.3. The molecule has 2 rings (SSSR count). The highest BCUT2D eigenvalue weighted by atomic mass is 16.4. The fourth-order valence-corrected chi connectivity index (χ4v) is 2.01. The molecule has 5 heteroatoms. The average molecular weight is 245 g/mol. The SMILES string of the molecule is Cc1nn(C)c(N)c1Cc1ccccc1C(=O)O. The first-order valence-electron chi connectivity index (χ1n) is 5.60. The quantitative estimate of drug-likeness (QED) is 0.860. The van der Waals surface area contributed by atoms with Crippen molar-refractivity contribution in [2.75, 3.05) is 5.73 Å². The van der Waals surface area contributed by atoms with E-state index in [0.717, 1.165) is 16.8 Å². The van der Waals surface area contributed by atoms with Gasteiger partial charge in [0.1, 0.15) is 5.82 Å². The van der Waals surface area contributed by atoms with Crippen LogP contribution in [-0.4, -0.2) is 20.9 Å². The second-order valence-corrected chi connectivity index (χ2v) is 4.21. The predicted molar refractivity (Wildman–Crippen MR) is 68.6 cm³/mol. The lowest BCUT2D eigenvalue weighted by Crippen LogP contribution is -2.05. The molecule has 3 N–H and O–H groups in total. The molecule has 0 amide bonds. The molecular weight excluding hydrogens is 230 g/mol. The summed E-state index contributed by atoms with van der Waals surface area (Å²) in [5.41, 5.74) is 8.69. The number of carboxylic acid groups (broad SMARTS) is 1. The average Bonchev–Trinajstić information content (AvgIpc) is 2.56. The molecule has 0 fully saturated rings. The number of anilines is 1. The maximum Gasteiger partial charge on any atom is 0.335 e. The van der Waals surface area contributed by atoms with Crippen LogP contribution in [0.5, 0.6) is 0 Å². The number of aromatic nitrogens is 2. The molecule has 0 saturated heterocycles. The molecule has 0 bridgehead atoms. The molecule has 0 spiro atoms. The van der Waals surface area contributed by atoms with Crippen LogP contribution in [0.15, 0.2) is 24.3 Å². The molecule has 0 aliphatic heterocycles. The third kappa shape index (κ3) is 2.07. The van der Waals surface area contributed by atoms with Gasteiger partial charge in [-0.05, 0) is 18.6 Å². The lowest BCUT2D eigenvalue weighted by atomic mass is 10.00. The summed E-state index contributed by atoms with van der Waals surface area (Å²) in [6, 6.07) is 6.94. The molecule has 0 radical (unpaired) electrons. The van der Waals surface area contributed by atoms with E-state index in [0.29, 0.717) is 17.8 Å². The summed E-state index contributed by atoms with van der Waals surface area (Å²) in [5.74, 6) is -0.349. The minimum atomic E-state index is -0.925. The molecule has 0 atom stereocenters. The number of nitrogen functional groups attached to an aromatic ring is 1. The van der Waals surface area contributed by atoms with Gasteiger partial charge < -0.3 is 10.8 Å². The van der Waals surface area contributed by atoms with Crippen molar-refractivity contribution in [3.8, 4) is 0 Å². The number of hydrogen-bond acceptors (Lipinski definition) is 3. The van der Waals surface area contributed by atoms with E-state index in [1.807, 2.05) is 13.0 Å². The lowest BCUT2D eigenvalue weighted by molar-refractivity contribution is 0.0696. The number of nitrogens with two attached hydrogens (primary N) is 1. The third-order valence-electron chi connectivity index (χ3n) is 3.01. The number of carbonyl (C=O) groups is 1. The molecule has 94 valence electrons. The number of benzene rings is 1. The Morgan fingerprint density at radius 3 is 2.67 bits per heavy atom. The number of carboxylic acids is 1. The highest BCUT2D eigenvalue weighted by Crippen LogP contribution is 2.21. The van der Waals surface area contributed by atoms with Crippen molar-refractivity contribution in [1.29, 1.82) is 0 Å². The van der Waals surface area contributed by atoms with E-state index in [1.54, 1.807) is 29.9 Å². The second kappa shape index (κ2) is 4.52. The Balaban J connectivity index is 2.43. The molecule has 0 saturated carbocycles. The molecule has 1 aromatic heterocycles. The van der Waals surface area contributed by atoms with E-state index in [1.165, 1.54) is 0 Å². The van der Waals surface area contributed by atoms with Crippen molar-refractivity contribution >= 4 is 11.8 Å². The van der Waals surface area contributed by atoms with Gasteiger partial charge in [0.15, 0.2) is 0 Å². The molecule has 5 nitrogen and oxygen atoms in total. The number of aryl methyl sites for hydroxylation is 2. The Bertz CT molecular complexity index is 602. The maximum atomic E-state index is 11.1. The first-order valence-corrected chi connectivity index (χ1v) is 5.60. The topological polar surface area (TPSA) is 81.1 Å². The van der Waals surface area contributed by atoms with Crippen molar-refractivity contribution in [2.45, 2.75) is 13.3 Å². The number of nitrogens with zero attached hydrogens (tertiary/aromatic N) is 2. The van der Waals surface area contributed by atoms with Gasteiger partial charge >= 0.3 is 5.97 Å². The van der Waals surface area contributed by atoms with Gasteiger partial charge in [-0.3, -0.25) is 4.68 Å². The Morgan fingerprint density at radius 1 is 1.44 bits per heavy atom. The number of rotatable bonds is 3. The summed E-state index contributed by atoms with van der Waals surface area (Å²) in [4.78, 5) is 11.1. The van der Waals surface area contributed by atoms with Gasteiger partial charge in [0.2, 0.25) is 0 Å². The van der Waals surface area contributed by atoms with Crippen LogP contribution < -0.4 is 5.73 Å². The summed E-state index contributed by atoms with van der Waals surface area (Å²) in [7, 11) is 1.77. The van der Waals surface area contributed by atoms with Crippen LogP contribution >= 0.6 is 0 Å². The van der Waals surface area contributed by atoms with Crippen molar-refractivity contribution in [3.05, 3.63) is 46.6 Å². The van der Waals surface area contributed by atoms with Gasteiger partial charge in [-0.1, -0.05) is 18.2 Å². The zero-order valence-corrected chi connectivity index (χ0v) is 10.3. The van der Waals surface area contributed by atoms with Crippen molar-refractivity contribution in [2.24, 2.45) is 7.05 Å². The third-order valence-corrected chi connectivity index (χ3v) is 3.01. The zero-order valence-electron chi connectivity index (χ0n) is 10.3. The molecule has 18 heavy (non-hydrogen) atoms. The summed E-state index contributed by atoms with van der Waals surface area (Å²) < 4.78 is 1.61. The molecule has 0 unspecified atom stereocenters. The molecule has 1 heterocycles. The predicted octanol–water partition coefficient (Wildman–Crippen LogP) is 1.60. The van der Waals surface area contributed by atoms with E-state index >= 15 is 0 Å². The van der Waals surface area contributed by atoms with Gasteiger partial charge in [-0.2, -0.15) is 5.10 Å². The van der Waals surface area contributed by atoms with E-state index in [2.05, 4.69) is 5.10 Å². The summed E-state index contributed by atoms with van der Waals surface area (Å²) >= 11 is 0. The lowest BCUT2D eigenvalue weighted by Gasteiger charge is -2.06. The molecule has 1 aromatic carbocycles. The van der Waals surface area contributed by atoms with Crippen molar-refractivity contribution in [1.82, 2.24) is 9.78 Å². The van der Waals surface area contributed by atoms with Crippen LogP contribution in [0.2, 0.25) is 0 Å². The fraction of sp³-hybridized carbons (Fsp3) is 0.231. The number of hydrogen-bond donors (Lipinski definition) is 2. The van der Waals surface area contributed by atoms with Crippen LogP contribution in [0, 0.1) is 6.92 Å². The standard InChI is InChI=1S/C13H15N3O2/c1-8-11(12(14)16(2)15-8)7-9-5-3-4-6-10(9)13(17)18/h3-6H,7,14H2,1-2H3,(H,17,18). The number of aromatic carboxylic acids is 1. The van der Waals surface area contributed by atoms with E-state index in [9.17, 15) is 4.79 Å². The molecule has 2 aromatic rings. The van der Waals surface area contributed by atoms with Crippen LogP contribution in [0.4, 0.5) is 5.82 Å². The minimum Gasteiger partial charge on any atom is -0.478 e. The first-order chi connectivity index (χ1) is 8.50. The largest absolute Gasteiger partial charge is 0.478 e. The van der Waals surface area contributed by atoms with Gasteiger partial charge in [-0.15, -0.1) is 0 Å². The van der Waals surface area contributed by atoms with Gasteiger partial charge in [0.25, 0.3) is 0 Å². The summed E-state index contributed by atoms with van der Waals surface area (Å²) in [6.07, 6.45) is 0.480. The molecule has 0 aliphatic carbocycles. The first kappa shape index (κ1) is 12.2. The van der Waals surface area contributed by atoms with Crippen LogP contribution in [0.3, 0.4) is 0 Å². The Morgan fingerprint density at radius 2 is 2.11 bits per heavy atom. The summed E-state index contributed by atoms with van der Waals surface area (Å²) in [5, 5.41) is 13.4. The van der Waals surface area contributed by atoms with Crippen LogP contribution in [-0.2, 0) is 13.5 Å². The van der Waals surface area contributed by atoms with Gasteiger partial charge in [0, 0.05) is 19.0 Å². The monoisotopic (exact) mass is 245 g/mol. The second-order valence-electron chi connectivity index (χ2n) is 4.21. The van der Waals surface area contributed by atoms with Gasteiger partial charge in [0.05, 0.1) is 11.3 Å². The van der Waals surface area contributed by atoms with Crippen molar-refractivity contribution < 1.29 is 9.90 Å². The Labute approximate surface area is 105 Å². The Hall–Kier alpha value is -2.30. The van der Waals surface area contributed by atoms with Crippen LogP contribution in [0.25, 0.3) is 0 Å².